The largest absolute Gasteiger partial charge is 0.508 e. The maximum absolute atomic E-state index is 13.4. The van der Waals surface area contributed by atoms with Crippen molar-refractivity contribution >= 4 is 39.4 Å². The highest BCUT2D eigenvalue weighted by molar-refractivity contribution is 7.89. The summed E-state index contributed by atoms with van der Waals surface area (Å²) in [5, 5.41) is 28.7. The number of hydrogen-bond acceptors (Lipinski definition) is 11. The molecular formula is C48H43N5O10S. The summed E-state index contributed by atoms with van der Waals surface area (Å²) in [6.45, 7) is 5.54. The molecular weight excluding hydrogens is 839 g/mol. The average Bonchev–Trinajstić information content (AvgIpc) is 3.54. The van der Waals surface area contributed by atoms with E-state index in [0.29, 0.717) is 39.9 Å². The van der Waals surface area contributed by atoms with E-state index in [-0.39, 0.29) is 70.0 Å². The van der Waals surface area contributed by atoms with Crippen LogP contribution in [0.1, 0.15) is 80.5 Å². The molecule has 64 heavy (non-hydrogen) atoms. The average molecular weight is 882 g/mol. The van der Waals surface area contributed by atoms with Crippen molar-refractivity contribution in [1.82, 2.24) is 20.3 Å². The Morgan fingerprint density at radius 2 is 1.38 bits per heavy atom. The highest BCUT2D eigenvalue weighted by Gasteiger charge is 2.53. The van der Waals surface area contributed by atoms with Gasteiger partial charge in [0.15, 0.2) is 5.60 Å². The van der Waals surface area contributed by atoms with Gasteiger partial charge in [0, 0.05) is 88.6 Å². The normalized spacial score (nSPS) is 13.5. The van der Waals surface area contributed by atoms with E-state index in [9.17, 15) is 37.8 Å². The maximum atomic E-state index is 13.4. The van der Waals surface area contributed by atoms with Gasteiger partial charge in [0.1, 0.15) is 23.0 Å². The first-order valence-electron chi connectivity index (χ1n) is 20.3. The maximum Gasteiger partial charge on any atom is 0.340 e. The molecule has 0 bridgehead atoms. The fraction of sp³-hybridized carbons (Fsp3) is 0.188. The number of aryl methyl sites for hydroxylation is 1. The molecule has 2 aliphatic rings. The van der Waals surface area contributed by atoms with Crippen LogP contribution in [0, 0.1) is 0 Å². The predicted octanol–water partition coefficient (Wildman–Crippen LogP) is 6.54. The molecule has 0 saturated heterocycles. The summed E-state index contributed by atoms with van der Waals surface area (Å²) in [4.78, 5) is 56.8. The van der Waals surface area contributed by atoms with Gasteiger partial charge in [-0.15, -0.1) is 0 Å². The zero-order chi connectivity index (χ0) is 45.4. The van der Waals surface area contributed by atoms with Crippen LogP contribution in [0.25, 0.3) is 11.1 Å². The lowest BCUT2D eigenvalue weighted by molar-refractivity contribution is -0.121. The minimum atomic E-state index is -3.87. The van der Waals surface area contributed by atoms with Crippen LogP contribution in [0.2, 0.25) is 0 Å². The number of sulfonamides is 1. The summed E-state index contributed by atoms with van der Waals surface area (Å²) < 4.78 is 41.1. The first kappa shape index (κ1) is 43.1. The third-order valence-electron chi connectivity index (χ3n) is 10.5. The van der Waals surface area contributed by atoms with Gasteiger partial charge in [0.05, 0.1) is 16.0 Å². The molecule has 6 N–H and O–H groups in total. The Morgan fingerprint density at radius 3 is 2.06 bits per heavy atom. The molecule has 0 radical (unpaired) electrons. The molecule has 5 aromatic carbocycles. The van der Waals surface area contributed by atoms with Crippen molar-refractivity contribution in [2.75, 3.05) is 18.4 Å². The zero-order valence-electron chi connectivity index (χ0n) is 34.9. The van der Waals surface area contributed by atoms with Gasteiger partial charge in [0.2, 0.25) is 15.9 Å². The zero-order valence-corrected chi connectivity index (χ0v) is 35.7. The van der Waals surface area contributed by atoms with Gasteiger partial charge >= 0.3 is 5.97 Å². The fourth-order valence-corrected chi connectivity index (χ4v) is 9.39. The quantitative estimate of drug-likeness (QED) is 0.0573. The molecule has 0 atom stereocenters. The fourth-order valence-electron chi connectivity index (χ4n) is 7.74. The van der Waals surface area contributed by atoms with Crippen LogP contribution in [0.5, 0.6) is 23.0 Å². The number of carbonyl (C=O) groups is 4. The molecule has 0 fully saturated rings. The minimum Gasteiger partial charge on any atom is -0.508 e. The molecule has 2 aliphatic heterocycles. The molecule has 16 heteroatoms. The number of aromatic nitrogens is 1. The van der Waals surface area contributed by atoms with Gasteiger partial charge in [-0.05, 0) is 93.4 Å². The Balaban J connectivity index is 0.827. The van der Waals surface area contributed by atoms with Crippen LogP contribution in [-0.2, 0) is 31.6 Å². The van der Waals surface area contributed by atoms with E-state index in [1.165, 1.54) is 48.8 Å². The lowest BCUT2D eigenvalue weighted by atomic mass is 9.77. The van der Waals surface area contributed by atoms with Gasteiger partial charge in [0.25, 0.3) is 11.8 Å². The van der Waals surface area contributed by atoms with Crippen molar-refractivity contribution in [3.8, 4) is 34.1 Å². The van der Waals surface area contributed by atoms with E-state index in [1.807, 2.05) is 0 Å². The molecule has 3 amide bonds. The van der Waals surface area contributed by atoms with Crippen molar-refractivity contribution < 1.29 is 47.3 Å². The molecule has 15 nitrogen and oxygen atoms in total. The number of nitrogens with one attached hydrogen (secondary N) is 4. The number of aromatic hydroxyl groups is 2. The SMILES string of the molecule is CC(C)(C)NS(=O)(=O)c1ccccc1-c1cncc(C(=O)Nc2ccc(CCC(=O)NCCNC(=O)c3ccc4c(c3)C(=O)OC43c4ccc(O)cc4Oc4cc(O)ccc43)cc2)c1. The molecule has 3 heterocycles. The second-order valence-electron chi connectivity index (χ2n) is 16.4. The van der Waals surface area contributed by atoms with Gasteiger partial charge in [-0.1, -0.05) is 36.4 Å². The van der Waals surface area contributed by atoms with E-state index < -0.39 is 38.9 Å². The summed E-state index contributed by atoms with van der Waals surface area (Å²) in [6, 6.07) is 28.7. The number of anilines is 1. The van der Waals surface area contributed by atoms with E-state index >= 15 is 0 Å². The van der Waals surface area contributed by atoms with Gasteiger partial charge in [-0.25, -0.2) is 17.9 Å². The number of hydrogen-bond donors (Lipinski definition) is 6. The monoisotopic (exact) mass is 881 g/mol. The van der Waals surface area contributed by atoms with Crippen LogP contribution < -0.4 is 25.4 Å². The summed E-state index contributed by atoms with van der Waals surface area (Å²) >= 11 is 0. The third kappa shape index (κ3) is 8.73. The highest BCUT2D eigenvalue weighted by atomic mass is 32.2. The van der Waals surface area contributed by atoms with Gasteiger partial charge in [-0.3, -0.25) is 19.4 Å². The highest BCUT2D eigenvalue weighted by Crippen LogP contribution is 2.57. The second kappa shape index (κ2) is 17.0. The van der Waals surface area contributed by atoms with Gasteiger partial charge in [-0.2, -0.15) is 0 Å². The summed E-state index contributed by atoms with van der Waals surface area (Å²) in [7, 11) is -3.87. The summed E-state index contributed by atoms with van der Waals surface area (Å²) in [5.41, 5.74) is 2.08. The van der Waals surface area contributed by atoms with E-state index in [4.69, 9.17) is 9.47 Å². The smallest absolute Gasteiger partial charge is 0.340 e. The van der Waals surface area contributed by atoms with Crippen LogP contribution in [0.3, 0.4) is 0 Å². The molecule has 1 spiro atoms. The van der Waals surface area contributed by atoms with Crippen LogP contribution in [-0.4, -0.2) is 65.9 Å². The summed E-state index contributed by atoms with van der Waals surface area (Å²) in [6.07, 6.45) is 3.49. The summed E-state index contributed by atoms with van der Waals surface area (Å²) in [5.74, 6) is -1.44. The lowest BCUT2D eigenvalue weighted by Gasteiger charge is -2.36. The van der Waals surface area contributed by atoms with Gasteiger partial charge < -0.3 is 35.6 Å². The van der Waals surface area contributed by atoms with E-state index in [0.717, 1.165) is 5.56 Å². The Labute approximate surface area is 368 Å². The molecule has 0 aliphatic carbocycles. The number of nitrogens with zero attached hydrogens (tertiary/aromatic N) is 1. The Morgan fingerprint density at radius 1 is 0.719 bits per heavy atom. The number of ether oxygens (including phenoxy) is 2. The number of carbonyl (C=O) groups excluding carboxylic acids is 4. The number of phenolic OH excluding ortho intramolecular Hbond substituents is 2. The molecule has 0 saturated carbocycles. The molecule has 6 aromatic rings. The second-order valence-corrected chi connectivity index (χ2v) is 18.0. The van der Waals surface area contributed by atoms with Crippen molar-refractivity contribution in [1.29, 1.82) is 0 Å². The standard InChI is InChI=1S/C48H43N5O10S/c1-47(2,3)53-64(60,61)42-7-5-4-6-35(42)30-22-31(27-49-26-30)45(58)52-32-12-8-28(9-13-32)10-19-43(56)50-20-21-51-44(57)29-11-16-37-36(23-29)46(59)63-48(37)38-17-14-33(54)24-40(38)62-41-25-34(55)15-18-39(41)48/h4-9,11-18,22-27,53-55H,10,19-21H2,1-3H3,(H,50,56)(H,51,57)(H,52,58). The lowest BCUT2D eigenvalue weighted by Crippen LogP contribution is -2.40. The number of esters is 1. The Bertz CT molecular complexity index is 2910. The Hall–Kier alpha value is -7.56. The number of rotatable bonds is 12. The topological polar surface area (TPSA) is 222 Å². The van der Waals surface area contributed by atoms with Crippen molar-refractivity contribution in [3.63, 3.8) is 0 Å². The van der Waals surface area contributed by atoms with Crippen LogP contribution in [0.4, 0.5) is 5.69 Å². The number of fused-ring (bicyclic) bond motifs is 6. The van der Waals surface area contributed by atoms with Crippen LogP contribution in [0.15, 0.2) is 126 Å². The molecule has 0 unspecified atom stereocenters. The van der Waals surface area contributed by atoms with Crippen LogP contribution >= 0.6 is 0 Å². The van der Waals surface area contributed by atoms with Crippen molar-refractivity contribution in [3.05, 3.63) is 161 Å². The predicted molar refractivity (Wildman–Crippen MR) is 236 cm³/mol. The number of benzene rings is 5. The van der Waals surface area contributed by atoms with E-state index in [2.05, 4.69) is 25.7 Å². The van der Waals surface area contributed by atoms with Crippen molar-refractivity contribution in [2.45, 2.75) is 49.6 Å². The molecule has 1 aromatic heterocycles. The number of phenols is 2. The first-order chi connectivity index (χ1) is 30.5. The Kier molecular flexibility index (Phi) is 11.4. The minimum absolute atomic E-state index is 0.0634. The van der Waals surface area contributed by atoms with E-state index in [1.54, 1.807) is 93.6 Å². The first-order valence-corrected chi connectivity index (χ1v) is 21.8. The number of pyridine rings is 1. The molecule has 8 rings (SSSR count). The molecule has 326 valence electrons. The number of amides is 3. The third-order valence-corrected chi connectivity index (χ3v) is 12.4. The van der Waals surface area contributed by atoms with Crippen molar-refractivity contribution in [2.24, 2.45) is 0 Å².